The smallest absolute Gasteiger partial charge is 0.224 e. The van der Waals surface area contributed by atoms with Gasteiger partial charge in [0, 0.05) is 23.3 Å². The minimum Gasteiger partial charge on any atom is -0.361 e. The van der Waals surface area contributed by atoms with Crippen LogP contribution in [0, 0.1) is 5.82 Å². The normalized spacial score (nSPS) is 10.7. The fourth-order valence-corrected chi connectivity index (χ4v) is 2.22. The second-order valence-corrected chi connectivity index (χ2v) is 4.78. The summed E-state index contributed by atoms with van der Waals surface area (Å²) in [7, 11) is 0. The molecule has 1 amide bonds. The fourth-order valence-electron chi connectivity index (χ4n) is 2.22. The molecule has 3 rings (SSSR count). The largest absolute Gasteiger partial charge is 0.361 e. The highest BCUT2D eigenvalue weighted by molar-refractivity contribution is 5.88. The molecule has 0 aliphatic heterocycles. The Labute approximate surface area is 121 Å². The lowest BCUT2D eigenvalue weighted by Crippen LogP contribution is -2.24. The molecule has 1 aromatic carbocycles. The van der Waals surface area contributed by atoms with Crippen LogP contribution in [-0.2, 0) is 17.8 Å². The molecule has 5 heteroatoms. The van der Waals surface area contributed by atoms with Gasteiger partial charge < -0.3 is 10.3 Å². The number of hydrogen-bond acceptors (Lipinski definition) is 2. The molecule has 2 heterocycles. The molecule has 21 heavy (non-hydrogen) atoms. The Morgan fingerprint density at radius 1 is 1.29 bits per heavy atom. The quantitative estimate of drug-likeness (QED) is 0.773. The van der Waals surface area contributed by atoms with Crippen molar-refractivity contribution < 1.29 is 9.18 Å². The predicted octanol–water partition coefficient (Wildman–Crippen LogP) is 2.56. The van der Waals surface area contributed by atoms with Crippen molar-refractivity contribution in [2.45, 2.75) is 13.0 Å². The SMILES string of the molecule is O=C(Cc1c[nH]c2ccc(F)cc12)NCc1ccccn1. The molecule has 2 N–H and O–H groups in total. The summed E-state index contributed by atoms with van der Waals surface area (Å²) < 4.78 is 13.3. The number of carbonyl (C=O) groups excluding carboxylic acids is 1. The van der Waals surface area contributed by atoms with E-state index < -0.39 is 0 Å². The minimum absolute atomic E-state index is 0.120. The van der Waals surface area contributed by atoms with E-state index in [1.54, 1.807) is 18.5 Å². The molecule has 0 saturated carbocycles. The zero-order valence-corrected chi connectivity index (χ0v) is 11.3. The van der Waals surface area contributed by atoms with Gasteiger partial charge in [-0.25, -0.2) is 4.39 Å². The van der Waals surface area contributed by atoms with Gasteiger partial charge >= 0.3 is 0 Å². The molecule has 106 valence electrons. The highest BCUT2D eigenvalue weighted by Gasteiger charge is 2.09. The summed E-state index contributed by atoms with van der Waals surface area (Å²) in [5.41, 5.74) is 2.41. The summed E-state index contributed by atoms with van der Waals surface area (Å²) in [5.74, 6) is -0.428. The van der Waals surface area contributed by atoms with Crippen LogP contribution >= 0.6 is 0 Å². The van der Waals surface area contributed by atoms with Crippen molar-refractivity contribution in [2.75, 3.05) is 0 Å². The van der Waals surface area contributed by atoms with Gasteiger partial charge in [-0.3, -0.25) is 9.78 Å². The molecule has 0 aliphatic carbocycles. The third-order valence-electron chi connectivity index (χ3n) is 3.27. The molecule has 0 fully saturated rings. The Morgan fingerprint density at radius 2 is 2.19 bits per heavy atom. The van der Waals surface area contributed by atoms with Crippen LogP contribution in [0.2, 0.25) is 0 Å². The van der Waals surface area contributed by atoms with Gasteiger partial charge in [-0.05, 0) is 35.9 Å². The topological polar surface area (TPSA) is 57.8 Å². The Bertz CT molecular complexity index is 768. The van der Waals surface area contributed by atoms with Gasteiger partial charge in [0.1, 0.15) is 5.82 Å². The zero-order valence-electron chi connectivity index (χ0n) is 11.3. The van der Waals surface area contributed by atoms with Crippen molar-refractivity contribution >= 4 is 16.8 Å². The molecule has 3 aromatic rings. The number of pyridine rings is 1. The van der Waals surface area contributed by atoms with E-state index in [1.165, 1.54) is 12.1 Å². The van der Waals surface area contributed by atoms with Crippen LogP contribution in [0.4, 0.5) is 4.39 Å². The van der Waals surface area contributed by atoms with Crippen LogP contribution < -0.4 is 5.32 Å². The predicted molar refractivity (Wildman–Crippen MR) is 78.0 cm³/mol. The van der Waals surface area contributed by atoms with Gasteiger partial charge in [-0.2, -0.15) is 0 Å². The molecule has 0 aliphatic rings. The Morgan fingerprint density at radius 3 is 3.00 bits per heavy atom. The first kappa shape index (κ1) is 13.3. The summed E-state index contributed by atoms with van der Waals surface area (Å²) in [6, 6.07) is 10.0. The third kappa shape index (κ3) is 3.08. The first-order valence-corrected chi connectivity index (χ1v) is 6.64. The van der Waals surface area contributed by atoms with Crippen LogP contribution in [0.25, 0.3) is 10.9 Å². The van der Waals surface area contributed by atoms with Crippen LogP contribution in [-0.4, -0.2) is 15.9 Å². The average Bonchev–Trinajstić information content (AvgIpc) is 2.88. The molecule has 0 saturated heterocycles. The molecule has 0 atom stereocenters. The van der Waals surface area contributed by atoms with Crippen LogP contribution in [0.5, 0.6) is 0 Å². The van der Waals surface area contributed by atoms with E-state index in [9.17, 15) is 9.18 Å². The number of nitrogens with one attached hydrogen (secondary N) is 2. The maximum atomic E-state index is 13.3. The summed E-state index contributed by atoms with van der Waals surface area (Å²) in [6.07, 6.45) is 3.63. The molecule has 0 bridgehead atoms. The Kier molecular flexibility index (Phi) is 3.64. The van der Waals surface area contributed by atoms with E-state index in [0.29, 0.717) is 6.54 Å². The van der Waals surface area contributed by atoms with Crippen LogP contribution in [0.3, 0.4) is 0 Å². The summed E-state index contributed by atoms with van der Waals surface area (Å²) >= 11 is 0. The maximum Gasteiger partial charge on any atom is 0.224 e. The van der Waals surface area contributed by atoms with Crippen molar-refractivity contribution in [3.8, 4) is 0 Å². The van der Waals surface area contributed by atoms with E-state index >= 15 is 0 Å². The van der Waals surface area contributed by atoms with E-state index in [-0.39, 0.29) is 18.1 Å². The lowest BCUT2D eigenvalue weighted by Gasteiger charge is -2.04. The third-order valence-corrected chi connectivity index (χ3v) is 3.27. The van der Waals surface area contributed by atoms with Gasteiger partial charge in [0.25, 0.3) is 0 Å². The number of H-pyrrole nitrogens is 1. The van der Waals surface area contributed by atoms with Gasteiger partial charge in [-0.15, -0.1) is 0 Å². The summed E-state index contributed by atoms with van der Waals surface area (Å²) in [4.78, 5) is 19.1. The molecule has 0 spiro atoms. The number of benzene rings is 1. The average molecular weight is 283 g/mol. The molecule has 2 aromatic heterocycles. The highest BCUT2D eigenvalue weighted by Crippen LogP contribution is 2.19. The second-order valence-electron chi connectivity index (χ2n) is 4.78. The monoisotopic (exact) mass is 283 g/mol. The van der Waals surface area contributed by atoms with E-state index in [2.05, 4.69) is 15.3 Å². The summed E-state index contributed by atoms with van der Waals surface area (Å²) in [6.45, 7) is 0.385. The molecule has 0 radical (unpaired) electrons. The number of hydrogen-bond donors (Lipinski definition) is 2. The molecular formula is C16H14FN3O. The van der Waals surface area contributed by atoms with Crippen molar-refractivity contribution in [3.63, 3.8) is 0 Å². The Hall–Kier alpha value is -2.69. The standard InChI is InChI=1S/C16H14FN3O/c17-12-4-5-15-14(8-12)11(9-19-15)7-16(21)20-10-13-3-1-2-6-18-13/h1-6,8-9,19H,7,10H2,(H,20,21). The van der Waals surface area contributed by atoms with E-state index in [0.717, 1.165) is 22.2 Å². The number of aromatic nitrogens is 2. The number of amides is 1. The molecule has 0 unspecified atom stereocenters. The molecule has 4 nitrogen and oxygen atoms in total. The first-order chi connectivity index (χ1) is 10.2. The van der Waals surface area contributed by atoms with Crippen molar-refractivity contribution in [1.82, 2.24) is 15.3 Å². The number of carbonyl (C=O) groups is 1. The number of nitrogens with zero attached hydrogens (tertiary/aromatic N) is 1. The van der Waals surface area contributed by atoms with Crippen molar-refractivity contribution in [3.05, 3.63) is 65.9 Å². The van der Waals surface area contributed by atoms with E-state index in [1.807, 2.05) is 18.2 Å². The van der Waals surface area contributed by atoms with Gasteiger partial charge in [0.05, 0.1) is 18.7 Å². The van der Waals surface area contributed by atoms with Crippen LogP contribution in [0.1, 0.15) is 11.3 Å². The minimum atomic E-state index is -0.308. The van der Waals surface area contributed by atoms with Crippen molar-refractivity contribution in [2.24, 2.45) is 0 Å². The fraction of sp³-hybridized carbons (Fsp3) is 0.125. The van der Waals surface area contributed by atoms with E-state index in [4.69, 9.17) is 0 Å². The maximum absolute atomic E-state index is 13.3. The van der Waals surface area contributed by atoms with Gasteiger partial charge in [0.2, 0.25) is 5.91 Å². The van der Waals surface area contributed by atoms with Crippen molar-refractivity contribution in [1.29, 1.82) is 0 Å². The zero-order chi connectivity index (χ0) is 14.7. The lowest BCUT2D eigenvalue weighted by molar-refractivity contribution is -0.120. The lowest BCUT2D eigenvalue weighted by atomic mass is 10.1. The number of aromatic amines is 1. The van der Waals surface area contributed by atoms with Gasteiger partial charge in [-0.1, -0.05) is 6.07 Å². The first-order valence-electron chi connectivity index (χ1n) is 6.64. The van der Waals surface area contributed by atoms with Gasteiger partial charge in [0.15, 0.2) is 0 Å². The number of halogens is 1. The Balaban J connectivity index is 1.67. The molecular weight excluding hydrogens is 269 g/mol. The summed E-state index contributed by atoms with van der Waals surface area (Å²) in [5, 5.41) is 3.55. The second kappa shape index (κ2) is 5.75. The number of rotatable bonds is 4. The number of fused-ring (bicyclic) bond motifs is 1. The van der Waals surface area contributed by atoms with Crippen LogP contribution in [0.15, 0.2) is 48.8 Å². The highest BCUT2D eigenvalue weighted by atomic mass is 19.1.